The normalized spacial score (nSPS) is 12.5. The van der Waals surface area contributed by atoms with Crippen LogP contribution in [0.25, 0.3) is 0 Å². The van der Waals surface area contributed by atoms with E-state index in [2.05, 4.69) is 21.2 Å². The van der Waals surface area contributed by atoms with Gasteiger partial charge in [0.05, 0.1) is 6.61 Å². The molecule has 3 nitrogen and oxygen atoms in total. The van der Waals surface area contributed by atoms with Gasteiger partial charge in [-0.25, -0.2) is 0 Å². The fourth-order valence-corrected chi connectivity index (χ4v) is 2.45. The van der Waals surface area contributed by atoms with E-state index >= 15 is 0 Å². The molecule has 0 saturated heterocycles. The molecule has 1 heterocycles. The number of rotatable bonds is 5. The fraction of sp³-hybridized carbons (Fsp3) is 0.500. The molecule has 0 aliphatic carbocycles. The lowest BCUT2D eigenvalue weighted by Gasteiger charge is -2.11. The van der Waals surface area contributed by atoms with Crippen LogP contribution >= 0.6 is 27.3 Å². The van der Waals surface area contributed by atoms with Crippen LogP contribution in [0, 0.1) is 0 Å². The second kappa shape index (κ2) is 6.25. The smallest absolute Gasteiger partial charge is 0.322 e. The van der Waals surface area contributed by atoms with Crippen LogP contribution in [0.3, 0.4) is 0 Å². The summed E-state index contributed by atoms with van der Waals surface area (Å²) in [7, 11) is 0. The molecule has 1 N–H and O–H groups in total. The first kappa shape index (κ1) is 12.7. The van der Waals surface area contributed by atoms with E-state index in [1.165, 1.54) is 4.88 Å². The third kappa shape index (κ3) is 4.32. The van der Waals surface area contributed by atoms with E-state index in [1.54, 1.807) is 25.2 Å². The van der Waals surface area contributed by atoms with E-state index in [4.69, 9.17) is 4.74 Å². The molecular formula is C10H14BrNO2S. The molecule has 0 amide bonds. The molecule has 0 aliphatic rings. The number of nitrogens with one attached hydrogen (secondary N) is 1. The summed E-state index contributed by atoms with van der Waals surface area (Å²) >= 11 is 5.04. The van der Waals surface area contributed by atoms with Crippen LogP contribution in [0.4, 0.5) is 0 Å². The van der Waals surface area contributed by atoms with E-state index < -0.39 is 0 Å². The fourth-order valence-electron chi connectivity index (χ4n) is 1.05. The van der Waals surface area contributed by atoms with Crippen LogP contribution in [0.5, 0.6) is 0 Å². The zero-order valence-electron chi connectivity index (χ0n) is 8.75. The van der Waals surface area contributed by atoms with Gasteiger partial charge in [-0.15, -0.1) is 11.3 Å². The van der Waals surface area contributed by atoms with Gasteiger partial charge >= 0.3 is 5.97 Å². The van der Waals surface area contributed by atoms with Crippen LogP contribution in [-0.4, -0.2) is 18.6 Å². The molecule has 15 heavy (non-hydrogen) atoms. The van der Waals surface area contributed by atoms with Gasteiger partial charge in [-0.2, -0.15) is 0 Å². The Bertz CT molecular complexity index is 327. The maximum atomic E-state index is 11.3. The third-order valence-corrected chi connectivity index (χ3v) is 3.54. The van der Waals surface area contributed by atoms with Gasteiger partial charge in [0.15, 0.2) is 0 Å². The lowest BCUT2D eigenvalue weighted by molar-refractivity contribution is -0.145. The van der Waals surface area contributed by atoms with Crippen molar-refractivity contribution < 1.29 is 9.53 Å². The molecule has 1 unspecified atom stereocenters. The number of hydrogen-bond donors (Lipinski definition) is 1. The molecule has 5 heteroatoms. The van der Waals surface area contributed by atoms with Crippen LogP contribution in [0.1, 0.15) is 18.7 Å². The van der Waals surface area contributed by atoms with E-state index in [1.807, 2.05) is 11.4 Å². The van der Waals surface area contributed by atoms with Crippen molar-refractivity contribution in [2.75, 3.05) is 6.61 Å². The molecule has 84 valence electrons. The number of hydrogen-bond acceptors (Lipinski definition) is 4. The molecule has 0 spiro atoms. The van der Waals surface area contributed by atoms with Crippen LogP contribution in [0.15, 0.2) is 15.9 Å². The minimum atomic E-state index is -0.258. The van der Waals surface area contributed by atoms with E-state index in [0.717, 1.165) is 4.47 Å². The predicted octanol–water partition coefficient (Wildman–Crippen LogP) is 2.55. The van der Waals surface area contributed by atoms with Crippen LogP contribution < -0.4 is 5.32 Å². The van der Waals surface area contributed by atoms with Gasteiger partial charge in [-0.3, -0.25) is 10.1 Å². The second-order valence-electron chi connectivity index (χ2n) is 3.09. The van der Waals surface area contributed by atoms with Gasteiger partial charge in [0.25, 0.3) is 0 Å². The standard InChI is InChI=1S/C10H14BrNO2S/c1-3-14-10(13)7(2)12-5-9-4-8(11)6-15-9/h4,6-7,12H,3,5H2,1-2H3. The Morgan fingerprint density at radius 1 is 1.73 bits per heavy atom. The Morgan fingerprint density at radius 2 is 2.47 bits per heavy atom. The summed E-state index contributed by atoms with van der Waals surface area (Å²) < 4.78 is 5.97. The van der Waals surface area contributed by atoms with Crippen molar-refractivity contribution in [3.05, 3.63) is 20.8 Å². The van der Waals surface area contributed by atoms with Crippen molar-refractivity contribution >= 4 is 33.2 Å². The largest absolute Gasteiger partial charge is 0.465 e. The molecule has 0 fully saturated rings. The zero-order valence-corrected chi connectivity index (χ0v) is 11.2. The Hall–Kier alpha value is -0.390. The quantitative estimate of drug-likeness (QED) is 0.848. The molecule has 1 aromatic heterocycles. The first-order valence-electron chi connectivity index (χ1n) is 4.76. The van der Waals surface area contributed by atoms with Crippen molar-refractivity contribution in [2.24, 2.45) is 0 Å². The Balaban J connectivity index is 2.33. The van der Waals surface area contributed by atoms with Crippen molar-refractivity contribution in [3.63, 3.8) is 0 Å². The van der Waals surface area contributed by atoms with Crippen molar-refractivity contribution in [3.8, 4) is 0 Å². The lowest BCUT2D eigenvalue weighted by atomic mass is 10.3. The highest BCUT2D eigenvalue weighted by atomic mass is 79.9. The number of halogens is 1. The van der Waals surface area contributed by atoms with Crippen molar-refractivity contribution in [1.29, 1.82) is 0 Å². The number of thiophene rings is 1. The number of ether oxygens (including phenoxy) is 1. The number of carbonyl (C=O) groups excluding carboxylic acids is 1. The third-order valence-electron chi connectivity index (χ3n) is 1.84. The van der Waals surface area contributed by atoms with Crippen LogP contribution in [0.2, 0.25) is 0 Å². The van der Waals surface area contributed by atoms with Gasteiger partial charge in [0.2, 0.25) is 0 Å². The molecular weight excluding hydrogens is 278 g/mol. The first-order chi connectivity index (χ1) is 7.13. The summed E-state index contributed by atoms with van der Waals surface area (Å²) in [5.41, 5.74) is 0. The molecule has 0 radical (unpaired) electrons. The van der Waals surface area contributed by atoms with Gasteiger partial charge < -0.3 is 4.74 Å². The van der Waals surface area contributed by atoms with E-state index in [9.17, 15) is 4.79 Å². The molecule has 1 aromatic rings. The van der Waals surface area contributed by atoms with Gasteiger partial charge in [-0.05, 0) is 35.8 Å². The summed E-state index contributed by atoms with van der Waals surface area (Å²) in [6.45, 7) is 4.73. The highest BCUT2D eigenvalue weighted by molar-refractivity contribution is 9.10. The predicted molar refractivity (Wildman–Crippen MR) is 65.0 cm³/mol. The summed E-state index contributed by atoms with van der Waals surface area (Å²) in [4.78, 5) is 12.5. The number of carbonyl (C=O) groups is 1. The van der Waals surface area contributed by atoms with E-state index in [-0.39, 0.29) is 12.0 Å². The van der Waals surface area contributed by atoms with Gasteiger partial charge in [0, 0.05) is 21.3 Å². The van der Waals surface area contributed by atoms with Crippen molar-refractivity contribution in [1.82, 2.24) is 5.32 Å². The molecule has 1 rings (SSSR count). The van der Waals surface area contributed by atoms with Crippen LogP contribution in [-0.2, 0) is 16.1 Å². The maximum absolute atomic E-state index is 11.3. The average Bonchev–Trinajstić information content (AvgIpc) is 2.61. The lowest BCUT2D eigenvalue weighted by Crippen LogP contribution is -2.34. The Morgan fingerprint density at radius 3 is 3.00 bits per heavy atom. The Labute approximate surface area is 102 Å². The highest BCUT2D eigenvalue weighted by Crippen LogP contribution is 2.19. The summed E-state index contributed by atoms with van der Waals surface area (Å²) in [5, 5.41) is 5.13. The monoisotopic (exact) mass is 291 g/mol. The second-order valence-corrected chi connectivity index (χ2v) is 5.00. The Kier molecular flexibility index (Phi) is 5.28. The maximum Gasteiger partial charge on any atom is 0.322 e. The number of esters is 1. The SMILES string of the molecule is CCOC(=O)C(C)NCc1cc(Br)cs1. The minimum Gasteiger partial charge on any atom is -0.465 e. The highest BCUT2D eigenvalue weighted by Gasteiger charge is 2.12. The first-order valence-corrected chi connectivity index (χ1v) is 6.43. The molecule has 0 saturated carbocycles. The molecule has 1 atom stereocenters. The van der Waals surface area contributed by atoms with Crippen molar-refractivity contribution in [2.45, 2.75) is 26.4 Å². The topological polar surface area (TPSA) is 38.3 Å². The molecule has 0 bridgehead atoms. The minimum absolute atomic E-state index is 0.201. The molecule has 0 aromatic carbocycles. The zero-order chi connectivity index (χ0) is 11.3. The summed E-state index contributed by atoms with van der Waals surface area (Å²) in [6.07, 6.45) is 0. The van der Waals surface area contributed by atoms with E-state index in [0.29, 0.717) is 13.2 Å². The summed E-state index contributed by atoms with van der Waals surface area (Å²) in [5.74, 6) is -0.201. The van der Waals surface area contributed by atoms with Gasteiger partial charge in [-0.1, -0.05) is 0 Å². The van der Waals surface area contributed by atoms with Gasteiger partial charge in [0.1, 0.15) is 6.04 Å². The average molecular weight is 292 g/mol. The summed E-state index contributed by atoms with van der Waals surface area (Å²) in [6, 6.07) is 1.78. The molecule has 0 aliphatic heterocycles.